The zero-order valence-electron chi connectivity index (χ0n) is 37.2. The molecule has 3 atom stereocenters. The Hall–Kier alpha value is -0.760. The van der Waals surface area contributed by atoms with Crippen LogP contribution in [0.5, 0.6) is 0 Å². The smallest absolute Gasteiger partial charge is 0.391 e. The van der Waals surface area contributed by atoms with E-state index >= 15 is 0 Å². The minimum atomic E-state index is -4.31. The molecule has 0 heterocycles. The van der Waals surface area contributed by atoms with E-state index in [1.807, 2.05) is 21.1 Å². The summed E-state index contributed by atoms with van der Waals surface area (Å²) in [6, 6.07) is -0.758. The lowest BCUT2D eigenvalue weighted by Crippen LogP contribution is -2.46. The van der Waals surface area contributed by atoms with Crippen molar-refractivity contribution in [1.82, 2.24) is 5.32 Å². The van der Waals surface area contributed by atoms with Gasteiger partial charge < -0.3 is 19.8 Å². The van der Waals surface area contributed by atoms with Crippen molar-refractivity contribution in [2.24, 2.45) is 0 Å². The number of carbonyl (C=O) groups excluding carboxylic acids is 1. The van der Waals surface area contributed by atoms with E-state index in [-0.39, 0.29) is 19.1 Å². The summed E-state index contributed by atoms with van der Waals surface area (Å²) in [5, 5.41) is 13.9. The van der Waals surface area contributed by atoms with Crippen LogP contribution in [0, 0.1) is 0 Å². The standard InChI is InChI=1S/C46H93N2O6P/c1-6-8-10-12-14-16-18-20-21-22-23-24-25-26-27-28-30-32-34-36-38-40-46(50)47-44(43-54-55(51,52)53-42-41-48(3,4)5)45(49)39-37-35-33-31-29-19-17-15-13-11-9-7-2/h24-25,44-45,49H,6-23,26-43H2,1-5H3,(H-,47,50,51,52)/p+1/b25-24-. The first kappa shape index (κ1) is 54.2. The minimum Gasteiger partial charge on any atom is -0.391 e. The third-order valence-electron chi connectivity index (χ3n) is 10.8. The number of hydrogen-bond acceptors (Lipinski definition) is 5. The van der Waals surface area contributed by atoms with E-state index in [4.69, 9.17) is 9.05 Å². The first-order chi connectivity index (χ1) is 26.5. The van der Waals surface area contributed by atoms with E-state index in [0.29, 0.717) is 23.9 Å². The molecular weight excluding hydrogens is 707 g/mol. The summed E-state index contributed by atoms with van der Waals surface area (Å²) < 4.78 is 23.6. The number of phosphoric acid groups is 1. The number of carbonyl (C=O) groups is 1. The van der Waals surface area contributed by atoms with Crippen LogP contribution in [0.15, 0.2) is 12.2 Å². The Kier molecular flexibility index (Phi) is 38.2. The SMILES string of the molecule is CCCCCCCCCCCC/C=C\CCCCCCCCCC(=O)NC(COP(=O)(O)OCC[N+](C)(C)C)C(O)CCCCCCCCCCCCCC. The van der Waals surface area contributed by atoms with Gasteiger partial charge in [-0.05, 0) is 38.5 Å². The molecule has 1 amide bonds. The number of aliphatic hydroxyl groups excluding tert-OH is 1. The van der Waals surface area contributed by atoms with E-state index in [0.717, 1.165) is 38.5 Å². The highest BCUT2D eigenvalue weighted by Crippen LogP contribution is 2.43. The second-order valence-electron chi connectivity index (χ2n) is 17.5. The number of hydrogen-bond donors (Lipinski definition) is 3. The molecule has 0 radical (unpaired) electrons. The summed E-state index contributed by atoms with van der Waals surface area (Å²) >= 11 is 0. The summed E-state index contributed by atoms with van der Waals surface area (Å²) in [7, 11) is 1.62. The van der Waals surface area contributed by atoms with Gasteiger partial charge in [0, 0.05) is 6.42 Å². The summed E-state index contributed by atoms with van der Waals surface area (Å²) in [5.41, 5.74) is 0. The lowest BCUT2D eigenvalue weighted by molar-refractivity contribution is -0.870. The number of aliphatic hydroxyl groups is 1. The molecule has 328 valence electrons. The minimum absolute atomic E-state index is 0.0756. The van der Waals surface area contributed by atoms with Crippen LogP contribution in [0.2, 0.25) is 0 Å². The van der Waals surface area contributed by atoms with Crippen LogP contribution in [0.25, 0.3) is 0 Å². The van der Waals surface area contributed by atoms with Gasteiger partial charge in [0.2, 0.25) is 5.91 Å². The normalized spacial score (nSPS) is 14.4. The maximum absolute atomic E-state index is 12.9. The molecule has 0 spiro atoms. The highest BCUT2D eigenvalue weighted by atomic mass is 31.2. The molecule has 0 aromatic rings. The van der Waals surface area contributed by atoms with Crippen LogP contribution in [0.1, 0.15) is 226 Å². The van der Waals surface area contributed by atoms with Gasteiger partial charge in [-0.1, -0.05) is 193 Å². The predicted molar refractivity (Wildman–Crippen MR) is 235 cm³/mol. The molecule has 0 saturated heterocycles. The largest absolute Gasteiger partial charge is 0.472 e. The molecule has 0 rings (SSSR count). The van der Waals surface area contributed by atoms with Gasteiger partial charge in [-0.3, -0.25) is 13.8 Å². The molecule has 3 unspecified atom stereocenters. The molecule has 0 aromatic heterocycles. The fourth-order valence-corrected chi connectivity index (χ4v) is 7.72. The molecule has 0 aliphatic carbocycles. The van der Waals surface area contributed by atoms with Crippen molar-refractivity contribution < 1.29 is 32.9 Å². The predicted octanol–water partition coefficient (Wildman–Crippen LogP) is 13.1. The van der Waals surface area contributed by atoms with Gasteiger partial charge in [-0.25, -0.2) is 4.57 Å². The summed E-state index contributed by atoms with van der Waals surface area (Å²) in [4.78, 5) is 23.2. The first-order valence-electron chi connectivity index (χ1n) is 23.6. The van der Waals surface area contributed by atoms with Crippen LogP contribution < -0.4 is 5.32 Å². The number of allylic oxidation sites excluding steroid dienone is 2. The number of nitrogens with zero attached hydrogens (tertiary/aromatic N) is 1. The Balaban J connectivity index is 4.25. The van der Waals surface area contributed by atoms with E-state index in [1.54, 1.807) is 0 Å². The Bertz CT molecular complexity index is 911. The first-order valence-corrected chi connectivity index (χ1v) is 25.0. The Morgan fingerprint density at radius 1 is 0.600 bits per heavy atom. The molecule has 55 heavy (non-hydrogen) atoms. The molecule has 0 fully saturated rings. The van der Waals surface area contributed by atoms with E-state index < -0.39 is 20.0 Å². The quantitative estimate of drug-likeness (QED) is 0.0245. The highest BCUT2D eigenvalue weighted by molar-refractivity contribution is 7.47. The van der Waals surface area contributed by atoms with Gasteiger partial charge >= 0.3 is 7.82 Å². The third kappa shape index (κ3) is 41.2. The molecule has 0 aliphatic rings. The second-order valence-corrected chi connectivity index (χ2v) is 18.9. The molecule has 8 nitrogen and oxygen atoms in total. The second kappa shape index (κ2) is 38.7. The zero-order chi connectivity index (χ0) is 40.7. The number of amides is 1. The molecule has 0 aromatic carbocycles. The maximum Gasteiger partial charge on any atom is 0.472 e. The number of quaternary nitrogens is 1. The van der Waals surface area contributed by atoms with Crippen LogP contribution in [0.4, 0.5) is 0 Å². The number of unbranched alkanes of at least 4 members (excludes halogenated alkanes) is 28. The van der Waals surface area contributed by atoms with Crippen molar-refractivity contribution in [3.8, 4) is 0 Å². The van der Waals surface area contributed by atoms with Crippen molar-refractivity contribution in [3.63, 3.8) is 0 Å². The number of likely N-dealkylation sites (N-methyl/N-ethyl adjacent to an activating group) is 1. The van der Waals surface area contributed by atoms with Gasteiger partial charge in [0.1, 0.15) is 13.2 Å². The monoisotopic (exact) mass is 802 g/mol. The maximum atomic E-state index is 12.9. The lowest BCUT2D eigenvalue weighted by Gasteiger charge is -2.26. The van der Waals surface area contributed by atoms with Crippen molar-refractivity contribution in [3.05, 3.63) is 12.2 Å². The van der Waals surface area contributed by atoms with Gasteiger partial charge in [0.25, 0.3) is 0 Å². The topological polar surface area (TPSA) is 105 Å². The molecule has 0 bridgehead atoms. The van der Waals surface area contributed by atoms with Gasteiger partial charge in [-0.2, -0.15) is 0 Å². The van der Waals surface area contributed by atoms with Gasteiger partial charge in [-0.15, -0.1) is 0 Å². The fraction of sp³-hybridized carbons (Fsp3) is 0.935. The summed E-state index contributed by atoms with van der Waals surface area (Å²) in [6.45, 7) is 4.89. The van der Waals surface area contributed by atoms with Crippen molar-refractivity contribution in [2.45, 2.75) is 238 Å². The lowest BCUT2D eigenvalue weighted by atomic mass is 10.0. The number of rotatable bonds is 43. The van der Waals surface area contributed by atoms with Crippen molar-refractivity contribution in [2.75, 3.05) is 40.9 Å². The molecule has 0 saturated carbocycles. The zero-order valence-corrected chi connectivity index (χ0v) is 38.1. The molecule has 3 N–H and O–H groups in total. The van der Waals surface area contributed by atoms with Gasteiger partial charge in [0.15, 0.2) is 0 Å². The number of nitrogens with one attached hydrogen (secondary N) is 1. The van der Waals surface area contributed by atoms with Gasteiger partial charge in [0.05, 0.1) is 39.9 Å². The Morgan fingerprint density at radius 2 is 0.982 bits per heavy atom. The fourth-order valence-electron chi connectivity index (χ4n) is 6.98. The van der Waals surface area contributed by atoms with E-state index in [2.05, 4.69) is 31.3 Å². The average molecular weight is 802 g/mol. The average Bonchev–Trinajstić information content (AvgIpc) is 3.13. The molecular formula is C46H94N2O6P+. The van der Waals surface area contributed by atoms with E-state index in [1.165, 1.54) is 161 Å². The molecule has 9 heteroatoms. The van der Waals surface area contributed by atoms with Crippen molar-refractivity contribution >= 4 is 13.7 Å². The number of phosphoric ester groups is 1. The summed E-state index contributed by atoms with van der Waals surface area (Å²) in [6.07, 6.45) is 43.8. The van der Waals surface area contributed by atoms with Crippen LogP contribution in [-0.4, -0.2) is 73.4 Å². The molecule has 0 aliphatic heterocycles. The third-order valence-corrected chi connectivity index (χ3v) is 11.7. The van der Waals surface area contributed by atoms with E-state index in [9.17, 15) is 19.4 Å². The van der Waals surface area contributed by atoms with Crippen LogP contribution in [0.3, 0.4) is 0 Å². The Morgan fingerprint density at radius 3 is 1.40 bits per heavy atom. The van der Waals surface area contributed by atoms with Crippen LogP contribution >= 0.6 is 7.82 Å². The van der Waals surface area contributed by atoms with Crippen LogP contribution in [-0.2, 0) is 18.4 Å². The summed E-state index contributed by atoms with van der Waals surface area (Å²) in [5.74, 6) is -0.148. The Labute approximate surface area is 342 Å². The highest BCUT2D eigenvalue weighted by Gasteiger charge is 2.28. The van der Waals surface area contributed by atoms with Crippen molar-refractivity contribution in [1.29, 1.82) is 0 Å².